The quantitative estimate of drug-likeness (QED) is 0.818. The molecule has 100 valence electrons. The van der Waals surface area contributed by atoms with Crippen LogP contribution in [0.5, 0.6) is 0 Å². The van der Waals surface area contributed by atoms with Crippen LogP contribution < -0.4 is 4.90 Å². The number of carbonyl (C=O) groups excluding carboxylic acids is 2. The first-order chi connectivity index (χ1) is 9.06. The summed E-state index contributed by atoms with van der Waals surface area (Å²) in [4.78, 5) is 35.7. The molecule has 1 aliphatic heterocycles. The van der Waals surface area contributed by atoms with Crippen molar-refractivity contribution in [3.63, 3.8) is 0 Å². The molecule has 1 amide bonds. The van der Waals surface area contributed by atoms with Crippen LogP contribution >= 0.6 is 0 Å². The summed E-state index contributed by atoms with van der Waals surface area (Å²) in [6, 6.07) is 5.26. The average Bonchev–Trinajstić information content (AvgIpc) is 2.62. The number of rotatable bonds is 5. The molecule has 0 aliphatic carbocycles. The predicted octanol–water partition coefficient (Wildman–Crippen LogP) is 1.64. The molecule has 0 fully saturated rings. The van der Waals surface area contributed by atoms with Gasteiger partial charge in [0.15, 0.2) is 0 Å². The normalized spacial score (nSPS) is 13.8. The van der Waals surface area contributed by atoms with Crippen LogP contribution in [0.4, 0.5) is 5.69 Å². The standard InChI is InChI=1S/C14H15NO4/c1-2-4-9-5-3-6-10-12(9)15(8-7-11(16)17)14(19)13(10)18/h3,5-6H,2,4,7-8H2,1H3,(H,16,17). The molecule has 0 aromatic heterocycles. The highest BCUT2D eigenvalue weighted by atomic mass is 16.4. The number of Topliss-reactive ketones (excluding diaryl/α,β-unsaturated/α-hetero) is 1. The maximum atomic E-state index is 11.9. The van der Waals surface area contributed by atoms with Crippen LogP contribution in [0.2, 0.25) is 0 Å². The molecule has 0 saturated carbocycles. The van der Waals surface area contributed by atoms with Crippen molar-refractivity contribution < 1.29 is 19.5 Å². The van der Waals surface area contributed by atoms with Crippen molar-refractivity contribution in [1.29, 1.82) is 0 Å². The highest BCUT2D eigenvalue weighted by molar-refractivity contribution is 6.52. The third kappa shape index (κ3) is 2.36. The number of para-hydroxylation sites is 1. The molecule has 0 bridgehead atoms. The second-order valence-electron chi connectivity index (χ2n) is 4.49. The molecule has 1 aromatic rings. The molecule has 19 heavy (non-hydrogen) atoms. The van der Waals surface area contributed by atoms with Gasteiger partial charge >= 0.3 is 5.97 Å². The van der Waals surface area contributed by atoms with E-state index in [1.807, 2.05) is 13.0 Å². The Kier molecular flexibility index (Phi) is 3.64. The Hall–Kier alpha value is -2.17. The van der Waals surface area contributed by atoms with Crippen LogP contribution in [0.1, 0.15) is 35.7 Å². The third-order valence-corrected chi connectivity index (χ3v) is 3.14. The lowest BCUT2D eigenvalue weighted by Crippen LogP contribution is -2.32. The fourth-order valence-electron chi connectivity index (χ4n) is 2.32. The van der Waals surface area contributed by atoms with Gasteiger partial charge in [0.25, 0.3) is 11.7 Å². The number of benzene rings is 1. The fourth-order valence-corrected chi connectivity index (χ4v) is 2.32. The molecular formula is C14H15NO4. The molecule has 1 heterocycles. The summed E-state index contributed by atoms with van der Waals surface area (Å²) in [6.07, 6.45) is 1.48. The minimum absolute atomic E-state index is 0.0354. The summed E-state index contributed by atoms with van der Waals surface area (Å²) in [6.45, 7) is 2.05. The molecule has 0 saturated heterocycles. The first-order valence-corrected chi connectivity index (χ1v) is 6.26. The molecule has 1 N–H and O–H groups in total. The number of aryl methyl sites for hydroxylation is 1. The highest BCUT2D eigenvalue weighted by Crippen LogP contribution is 2.33. The number of nitrogens with zero attached hydrogens (tertiary/aromatic N) is 1. The largest absolute Gasteiger partial charge is 0.481 e. The zero-order chi connectivity index (χ0) is 14.0. The van der Waals surface area contributed by atoms with Crippen molar-refractivity contribution >= 4 is 23.3 Å². The highest BCUT2D eigenvalue weighted by Gasteiger charge is 2.37. The minimum Gasteiger partial charge on any atom is -0.481 e. The van der Waals surface area contributed by atoms with Crippen LogP contribution in [0, 0.1) is 0 Å². The Bertz CT molecular complexity index is 550. The Morgan fingerprint density at radius 3 is 2.68 bits per heavy atom. The maximum absolute atomic E-state index is 11.9. The van der Waals surface area contributed by atoms with Gasteiger partial charge in [0, 0.05) is 6.54 Å². The second kappa shape index (κ2) is 5.22. The number of carboxylic acids is 1. The van der Waals surface area contributed by atoms with Gasteiger partial charge in [-0.3, -0.25) is 14.4 Å². The maximum Gasteiger partial charge on any atom is 0.305 e. The van der Waals surface area contributed by atoms with E-state index < -0.39 is 17.7 Å². The topological polar surface area (TPSA) is 74.7 Å². The van der Waals surface area contributed by atoms with Gasteiger partial charge in [0.2, 0.25) is 0 Å². The van der Waals surface area contributed by atoms with E-state index in [0.29, 0.717) is 11.3 Å². The number of amides is 1. The number of aliphatic carboxylic acids is 1. The number of carbonyl (C=O) groups is 3. The molecular weight excluding hydrogens is 246 g/mol. The number of hydrogen-bond donors (Lipinski definition) is 1. The van der Waals surface area contributed by atoms with Gasteiger partial charge in [-0.2, -0.15) is 0 Å². The summed E-state index contributed by atoms with van der Waals surface area (Å²) in [5, 5.41) is 8.72. The number of anilines is 1. The molecule has 0 unspecified atom stereocenters. The van der Waals surface area contributed by atoms with Crippen LogP contribution in [-0.2, 0) is 16.0 Å². The molecule has 2 rings (SSSR count). The average molecular weight is 261 g/mol. The van der Waals surface area contributed by atoms with E-state index in [-0.39, 0.29) is 13.0 Å². The monoisotopic (exact) mass is 261 g/mol. The van der Waals surface area contributed by atoms with Gasteiger partial charge in [-0.05, 0) is 18.1 Å². The minimum atomic E-state index is -0.985. The number of ketones is 1. The van der Waals surface area contributed by atoms with Crippen molar-refractivity contribution in [3.05, 3.63) is 29.3 Å². The Morgan fingerprint density at radius 1 is 1.32 bits per heavy atom. The van der Waals surface area contributed by atoms with Crippen LogP contribution in [0.25, 0.3) is 0 Å². The van der Waals surface area contributed by atoms with Crippen molar-refractivity contribution in [2.45, 2.75) is 26.2 Å². The molecule has 5 nitrogen and oxygen atoms in total. The Morgan fingerprint density at radius 2 is 2.05 bits per heavy atom. The van der Waals surface area contributed by atoms with Gasteiger partial charge in [0.1, 0.15) is 0 Å². The van der Waals surface area contributed by atoms with Crippen molar-refractivity contribution in [3.8, 4) is 0 Å². The summed E-state index contributed by atoms with van der Waals surface area (Å²) in [7, 11) is 0. The third-order valence-electron chi connectivity index (χ3n) is 3.14. The first kappa shape index (κ1) is 13.3. The fraction of sp³-hybridized carbons (Fsp3) is 0.357. The summed E-state index contributed by atoms with van der Waals surface area (Å²) >= 11 is 0. The lowest BCUT2D eigenvalue weighted by molar-refractivity contribution is -0.136. The molecule has 0 spiro atoms. The van der Waals surface area contributed by atoms with Crippen molar-refractivity contribution in [2.75, 3.05) is 11.4 Å². The van der Waals surface area contributed by atoms with Crippen LogP contribution in [0.3, 0.4) is 0 Å². The summed E-state index contributed by atoms with van der Waals surface area (Å²) < 4.78 is 0. The molecule has 5 heteroatoms. The van der Waals surface area contributed by atoms with E-state index in [1.54, 1.807) is 12.1 Å². The Balaban J connectivity index is 2.41. The van der Waals surface area contributed by atoms with E-state index in [4.69, 9.17) is 5.11 Å². The second-order valence-corrected chi connectivity index (χ2v) is 4.49. The number of carboxylic acid groups (broad SMARTS) is 1. The van der Waals surface area contributed by atoms with Gasteiger partial charge in [-0.1, -0.05) is 25.5 Å². The van der Waals surface area contributed by atoms with E-state index in [2.05, 4.69) is 0 Å². The zero-order valence-electron chi connectivity index (χ0n) is 10.7. The molecule has 0 radical (unpaired) electrons. The first-order valence-electron chi connectivity index (χ1n) is 6.26. The predicted molar refractivity (Wildman–Crippen MR) is 69.4 cm³/mol. The van der Waals surface area contributed by atoms with Gasteiger partial charge in [0.05, 0.1) is 17.7 Å². The van der Waals surface area contributed by atoms with E-state index >= 15 is 0 Å². The van der Waals surface area contributed by atoms with Crippen molar-refractivity contribution in [2.24, 2.45) is 0 Å². The summed E-state index contributed by atoms with van der Waals surface area (Å²) in [5.41, 5.74) is 1.91. The van der Waals surface area contributed by atoms with Gasteiger partial charge in [-0.25, -0.2) is 0 Å². The lowest BCUT2D eigenvalue weighted by Gasteiger charge is -2.18. The zero-order valence-corrected chi connectivity index (χ0v) is 10.7. The SMILES string of the molecule is CCCc1cccc2c1N(CCC(=O)O)C(=O)C2=O. The summed E-state index contributed by atoms with van der Waals surface area (Å²) in [5.74, 6) is -2.15. The van der Waals surface area contributed by atoms with Gasteiger partial charge in [-0.15, -0.1) is 0 Å². The number of fused-ring (bicyclic) bond motifs is 1. The van der Waals surface area contributed by atoms with Crippen molar-refractivity contribution in [1.82, 2.24) is 0 Å². The Labute approximate surface area is 110 Å². The van der Waals surface area contributed by atoms with Crippen LogP contribution in [-0.4, -0.2) is 29.3 Å². The molecule has 1 aromatic carbocycles. The lowest BCUT2D eigenvalue weighted by atomic mass is 10.0. The van der Waals surface area contributed by atoms with E-state index in [0.717, 1.165) is 18.4 Å². The number of hydrogen-bond acceptors (Lipinski definition) is 3. The van der Waals surface area contributed by atoms with E-state index in [1.165, 1.54) is 4.90 Å². The van der Waals surface area contributed by atoms with Gasteiger partial charge < -0.3 is 10.0 Å². The van der Waals surface area contributed by atoms with Crippen LogP contribution in [0.15, 0.2) is 18.2 Å². The molecule has 0 atom stereocenters. The smallest absolute Gasteiger partial charge is 0.305 e. The van der Waals surface area contributed by atoms with E-state index in [9.17, 15) is 14.4 Å². The molecule has 1 aliphatic rings.